The Balaban J connectivity index is 1.20. The Morgan fingerprint density at radius 1 is 0.466 bits per heavy atom. The fourth-order valence-electron chi connectivity index (χ4n) is 9.48. The summed E-state index contributed by atoms with van der Waals surface area (Å²) >= 11 is 7.22. The molecule has 0 amide bonds. The number of ether oxygens (including phenoxy) is 9. The van der Waals surface area contributed by atoms with Gasteiger partial charge in [0.15, 0.2) is 0 Å². The molecule has 0 aliphatic carbocycles. The van der Waals surface area contributed by atoms with E-state index in [-0.39, 0.29) is 38.1 Å². The summed E-state index contributed by atoms with van der Waals surface area (Å²) in [7, 11) is 3.67. The lowest BCUT2D eigenvalue weighted by Gasteiger charge is -2.46. The highest BCUT2D eigenvalue weighted by Gasteiger charge is 2.51. The highest BCUT2D eigenvalue weighted by Crippen LogP contribution is 2.42. The standard InChI is InChI=1S/C61H67ClO10Si/c1-61(2,3)73(53-14-10-8-11-15-53,54-16-12-9-13-17-54)71-41-48-36-47(26-35-55(48)62)57-59(69-39-45-22-31-51(65-6)32-23-45)60(70-40-46-24-33-52(66-7)34-25-46)58(68-38-44-20-29-50(64-5)30-21-44)56(72-57)42-67-37-43-18-27-49(63-4)28-19-43/h8-36,56-60H,37-42H2,1-7H3/t56?,57-,58+,59+,60-/m0/s1. The molecule has 1 aliphatic heterocycles. The zero-order valence-corrected chi connectivity index (χ0v) is 44.6. The third kappa shape index (κ3) is 13.2. The maximum absolute atomic E-state index is 7.47. The number of methoxy groups -OCH3 is 4. The van der Waals surface area contributed by atoms with Gasteiger partial charge in [-0.25, -0.2) is 0 Å². The molecule has 0 spiro atoms. The van der Waals surface area contributed by atoms with Crippen molar-refractivity contribution in [2.75, 3.05) is 35.0 Å². The third-order valence-electron chi connectivity index (χ3n) is 13.4. The van der Waals surface area contributed by atoms with E-state index in [0.717, 1.165) is 56.4 Å². The molecule has 0 radical (unpaired) electrons. The van der Waals surface area contributed by atoms with Crippen molar-refractivity contribution in [2.45, 2.75) is 89.4 Å². The van der Waals surface area contributed by atoms with Gasteiger partial charge < -0.3 is 47.1 Å². The molecule has 382 valence electrons. The van der Waals surface area contributed by atoms with Crippen LogP contribution in [0.3, 0.4) is 0 Å². The topological polar surface area (TPSA) is 92.3 Å². The lowest BCUT2D eigenvalue weighted by atomic mass is 9.89. The van der Waals surface area contributed by atoms with Crippen LogP contribution < -0.4 is 29.3 Å². The minimum absolute atomic E-state index is 0.181. The van der Waals surface area contributed by atoms with Gasteiger partial charge >= 0.3 is 0 Å². The van der Waals surface area contributed by atoms with E-state index in [0.29, 0.717) is 11.6 Å². The maximum Gasteiger partial charge on any atom is 0.261 e. The number of hydrogen-bond acceptors (Lipinski definition) is 10. The fraction of sp³-hybridized carbons (Fsp3) is 0.311. The molecule has 10 nitrogen and oxygen atoms in total. The van der Waals surface area contributed by atoms with E-state index < -0.39 is 38.8 Å². The normalized spacial score (nSPS) is 18.0. The maximum atomic E-state index is 7.47. The molecule has 5 atom stereocenters. The molecular formula is C61H67ClO10Si. The van der Waals surface area contributed by atoms with Crippen LogP contribution in [-0.2, 0) is 61.1 Å². The van der Waals surface area contributed by atoms with Gasteiger partial charge in [-0.2, -0.15) is 0 Å². The molecule has 7 aromatic rings. The Labute approximate surface area is 437 Å². The molecule has 12 heteroatoms. The van der Waals surface area contributed by atoms with Gasteiger partial charge in [0.05, 0.1) is 68.1 Å². The molecule has 0 aromatic heterocycles. The summed E-state index contributed by atoms with van der Waals surface area (Å²) in [6.45, 7) is 8.34. The molecule has 1 aliphatic rings. The van der Waals surface area contributed by atoms with Crippen molar-refractivity contribution in [3.63, 3.8) is 0 Å². The van der Waals surface area contributed by atoms with Crippen molar-refractivity contribution < 1.29 is 47.1 Å². The molecule has 1 unspecified atom stereocenters. The monoisotopic (exact) mass is 1020 g/mol. The number of hydrogen-bond donors (Lipinski definition) is 0. The molecule has 1 heterocycles. The Morgan fingerprint density at radius 2 is 0.877 bits per heavy atom. The predicted molar refractivity (Wildman–Crippen MR) is 289 cm³/mol. The smallest absolute Gasteiger partial charge is 0.261 e. The van der Waals surface area contributed by atoms with Crippen molar-refractivity contribution in [3.8, 4) is 23.0 Å². The molecule has 0 N–H and O–H groups in total. The minimum Gasteiger partial charge on any atom is -0.497 e. The summed E-state index contributed by atoms with van der Waals surface area (Å²) in [6.07, 6.45) is -3.36. The van der Waals surface area contributed by atoms with Crippen LogP contribution >= 0.6 is 11.6 Å². The van der Waals surface area contributed by atoms with E-state index in [1.165, 1.54) is 10.4 Å². The van der Waals surface area contributed by atoms with E-state index in [1.54, 1.807) is 28.4 Å². The van der Waals surface area contributed by atoms with Gasteiger partial charge in [0, 0.05) is 5.02 Å². The Kier molecular flexibility index (Phi) is 18.5. The molecule has 7 aromatic carbocycles. The van der Waals surface area contributed by atoms with E-state index in [9.17, 15) is 0 Å². The lowest BCUT2D eigenvalue weighted by Crippen LogP contribution is -2.66. The summed E-state index contributed by atoms with van der Waals surface area (Å²) in [5, 5.41) is 2.69. The Hall–Kier alpha value is -5.99. The highest BCUT2D eigenvalue weighted by atomic mass is 35.5. The first-order valence-corrected chi connectivity index (χ1v) is 26.9. The summed E-state index contributed by atoms with van der Waals surface area (Å²) in [5.41, 5.74) is 5.51. The SMILES string of the molecule is COc1ccc(COCC2O[C@@H](c3ccc(Cl)c(CO[Si](c4ccccc4)(c4ccccc4)C(C)(C)C)c3)[C@@H](OCc3ccc(OC)cc3)[C@@H](OCc3ccc(OC)cc3)[C@@H]2OCc2ccc(OC)cc2)cc1. The van der Waals surface area contributed by atoms with Crippen LogP contribution in [0, 0.1) is 0 Å². The lowest BCUT2D eigenvalue weighted by molar-refractivity contribution is -0.275. The van der Waals surface area contributed by atoms with Gasteiger partial charge in [0.25, 0.3) is 8.32 Å². The molecule has 1 fully saturated rings. The Morgan fingerprint density at radius 3 is 1.30 bits per heavy atom. The van der Waals surface area contributed by atoms with Crippen LogP contribution in [0.25, 0.3) is 0 Å². The molecule has 73 heavy (non-hydrogen) atoms. The van der Waals surface area contributed by atoms with E-state index in [1.807, 2.05) is 121 Å². The van der Waals surface area contributed by atoms with Crippen LogP contribution in [-0.4, -0.2) is 67.8 Å². The molecule has 0 bridgehead atoms. The molecule has 1 saturated heterocycles. The zero-order chi connectivity index (χ0) is 51.2. The summed E-state index contributed by atoms with van der Waals surface area (Å²) in [6, 6.07) is 58.7. The predicted octanol–water partition coefficient (Wildman–Crippen LogP) is 11.9. The molecule has 0 saturated carbocycles. The van der Waals surface area contributed by atoms with Crippen molar-refractivity contribution >= 4 is 30.3 Å². The van der Waals surface area contributed by atoms with Crippen LogP contribution in [0.5, 0.6) is 23.0 Å². The average molecular weight is 1020 g/mol. The second-order valence-electron chi connectivity index (χ2n) is 19.1. The van der Waals surface area contributed by atoms with Crippen molar-refractivity contribution in [1.82, 2.24) is 0 Å². The quantitative estimate of drug-likeness (QED) is 0.0577. The van der Waals surface area contributed by atoms with E-state index in [2.05, 4.69) is 75.4 Å². The van der Waals surface area contributed by atoms with Gasteiger partial charge in [0.1, 0.15) is 53.5 Å². The van der Waals surface area contributed by atoms with Crippen LogP contribution in [0.1, 0.15) is 60.3 Å². The summed E-state index contributed by atoms with van der Waals surface area (Å²) in [4.78, 5) is 0. The Bertz CT molecular complexity index is 2710. The van der Waals surface area contributed by atoms with E-state index in [4.69, 9.17) is 58.7 Å². The van der Waals surface area contributed by atoms with Gasteiger partial charge in [-0.3, -0.25) is 0 Å². The number of benzene rings is 7. The van der Waals surface area contributed by atoms with Gasteiger partial charge in [-0.15, -0.1) is 0 Å². The summed E-state index contributed by atoms with van der Waals surface area (Å²) < 4.78 is 64.6. The van der Waals surface area contributed by atoms with Crippen molar-refractivity contribution in [1.29, 1.82) is 0 Å². The van der Waals surface area contributed by atoms with Crippen LogP contribution in [0.2, 0.25) is 10.1 Å². The van der Waals surface area contributed by atoms with Crippen molar-refractivity contribution in [2.24, 2.45) is 0 Å². The van der Waals surface area contributed by atoms with Gasteiger partial charge in [0.2, 0.25) is 0 Å². The number of rotatable bonds is 23. The van der Waals surface area contributed by atoms with Gasteiger partial charge in [-0.05, 0) is 109 Å². The fourth-order valence-corrected chi connectivity index (χ4v) is 14.2. The van der Waals surface area contributed by atoms with Crippen LogP contribution in [0.15, 0.2) is 176 Å². The molecule has 8 rings (SSSR count). The zero-order valence-electron chi connectivity index (χ0n) is 42.8. The van der Waals surface area contributed by atoms with E-state index >= 15 is 0 Å². The first-order valence-electron chi connectivity index (χ1n) is 24.6. The highest BCUT2D eigenvalue weighted by molar-refractivity contribution is 6.99. The number of halogens is 1. The average Bonchev–Trinajstić information content (AvgIpc) is 3.43. The summed E-state index contributed by atoms with van der Waals surface area (Å²) in [5.74, 6) is 3.03. The largest absolute Gasteiger partial charge is 0.497 e. The van der Waals surface area contributed by atoms with Gasteiger partial charge in [-0.1, -0.05) is 148 Å². The second-order valence-corrected chi connectivity index (χ2v) is 23.8. The minimum atomic E-state index is -2.95. The molecular weight excluding hydrogens is 956 g/mol. The third-order valence-corrected chi connectivity index (χ3v) is 18.8. The first-order chi connectivity index (χ1) is 35.5. The van der Waals surface area contributed by atoms with Crippen molar-refractivity contribution in [3.05, 3.63) is 214 Å². The van der Waals surface area contributed by atoms with Crippen LogP contribution in [0.4, 0.5) is 0 Å². The second kappa shape index (κ2) is 25.3. The first kappa shape index (κ1) is 53.3.